The van der Waals surface area contributed by atoms with Crippen molar-refractivity contribution in [3.05, 3.63) is 66.1 Å². The fourth-order valence-electron chi connectivity index (χ4n) is 4.43. The van der Waals surface area contributed by atoms with E-state index in [1.807, 2.05) is 25.1 Å². The third-order valence-corrected chi connectivity index (χ3v) is 5.99. The molecule has 1 aliphatic heterocycles. The van der Waals surface area contributed by atoms with Gasteiger partial charge in [0.2, 0.25) is 0 Å². The van der Waals surface area contributed by atoms with Gasteiger partial charge in [-0.3, -0.25) is 9.59 Å². The average molecular weight is 421 g/mol. The van der Waals surface area contributed by atoms with Gasteiger partial charge in [0.1, 0.15) is 0 Å². The number of piperidine rings is 1. The Morgan fingerprint density at radius 1 is 1.19 bits per heavy atom. The number of likely N-dealkylation sites (tertiary alicyclic amines) is 1. The number of ether oxygens (including phenoxy) is 1. The van der Waals surface area contributed by atoms with Crippen molar-refractivity contribution in [1.82, 2.24) is 19.5 Å². The van der Waals surface area contributed by atoms with E-state index in [-0.39, 0.29) is 11.9 Å². The molecule has 0 saturated carbocycles. The SMILES string of the molecule is CCOC(=O)[C@@]1(CCCc2ccccc2)CCCN(C(=O)c2cc3ncccn3n2)C1. The number of aromatic nitrogens is 3. The lowest BCUT2D eigenvalue weighted by Gasteiger charge is -2.40. The lowest BCUT2D eigenvalue weighted by molar-refractivity contribution is -0.159. The number of carbonyl (C=O) groups excluding carboxylic acids is 2. The highest BCUT2D eigenvalue weighted by Gasteiger charge is 2.44. The molecule has 4 rings (SSSR count). The number of fused-ring (bicyclic) bond motifs is 1. The van der Waals surface area contributed by atoms with Gasteiger partial charge in [-0.25, -0.2) is 9.50 Å². The summed E-state index contributed by atoms with van der Waals surface area (Å²) in [6.45, 7) is 3.14. The first-order valence-electron chi connectivity index (χ1n) is 10.9. The van der Waals surface area contributed by atoms with Gasteiger partial charge in [-0.05, 0) is 50.7 Å². The van der Waals surface area contributed by atoms with Crippen LogP contribution in [0, 0.1) is 5.41 Å². The summed E-state index contributed by atoms with van der Waals surface area (Å²) in [6, 6.07) is 13.7. The first kappa shape index (κ1) is 21.0. The molecule has 2 aromatic heterocycles. The van der Waals surface area contributed by atoms with Crippen LogP contribution >= 0.6 is 0 Å². The second kappa shape index (κ2) is 9.29. The average Bonchev–Trinajstić information content (AvgIpc) is 3.24. The molecule has 1 fully saturated rings. The molecule has 0 spiro atoms. The first-order valence-corrected chi connectivity index (χ1v) is 10.9. The van der Waals surface area contributed by atoms with Crippen molar-refractivity contribution in [1.29, 1.82) is 0 Å². The third-order valence-electron chi connectivity index (χ3n) is 5.99. The third kappa shape index (κ3) is 4.60. The number of nitrogens with zero attached hydrogens (tertiary/aromatic N) is 4. The minimum atomic E-state index is -0.671. The van der Waals surface area contributed by atoms with E-state index in [1.165, 1.54) is 5.56 Å². The van der Waals surface area contributed by atoms with Crippen LogP contribution in [0.15, 0.2) is 54.9 Å². The molecule has 162 valence electrons. The number of hydrogen-bond acceptors (Lipinski definition) is 5. The molecular formula is C24H28N4O3. The number of hydrogen-bond donors (Lipinski definition) is 0. The topological polar surface area (TPSA) is 76.8 Å². The largest absolute Gasteiger partial charge is 0.466 e. The smallest absolute Gasteiger partial charge is 0.313 e. The number of carbonyl (C=O) groups is 2. The highest BCUT2D eigenvalue weighted by molar-refractivity contribution is 5.94. The highest BCUT2D eigenvalue weighted by Crippen LogP contribution is 2.37. The fraction of sp³-hybridized carbons (Fsp3) is 0.417. The second-order valence-corrected chi connectivity index (χ2v) is 8.12. The number of esters is 1. The maximum atomic E-state index is 13.2. The maximum absolute atomic E-state index is 13.2. The van der Waals surface area contributed by atoms with Crippen LogP contribution in [0.5, 0.6) is 0 Å². The molecular weight excluding hydrogens is 392 g/mol. The second-order valence-electron chi connectivity index (χ2n) is 8.12. The summed E-state index contributed by atoms with van der Waals surface area (Å²) < 4.78 is 7.06. The van der Waals surface area contributed by atoms with Gasteiger partial charge < -0.3 is 9.64 Å². The summed E-state index contributed by atoms with van der Waals surface area (Å²) >= 11 is 0. The van der Waals surface area contributed by atoms with Crippen LogP contribution in [0.25, 0.3) is 5.65 Å². The van der Waals surface area contributed by atoms with Crippen molar-refractivity contribution >= 4 is 17.5 Å². The Morgan fingerprint density at radius 2 is 2.03 bits per heavy atom. The Kier molecular flexibility index (Phi) is 6.30. The molecule has 7 heteroatoms. The van der Waals surface area contributed by atoms with Crippen molar-refractivity contribution in [2.45, 2.75) is 39.0 Å². The summed E-state index contributed by atoms with van der Waals surface area (Å²) in [5.41, 5.74) is 1.56. The highest BCUT2D eigenvalue weighted by atomic mass is 16.5. The zero-order valence-corrected chi connectivity index (χ0v) is 17.9. The molecule has 0 aliphatic carbocycles. The number of benzene rings is 1. The van der Waals surface area contributed by atoms with Crippen LogP contribution in [0.1, 0.15) is 48.7 Å². The van der Waals surface area contributed by atoms with Crippen LogP contribution in [0.2, 0.25) is 0 Å². The maximum Gasteiger partial charge on any atom is 0.313 e. The summed E-state index contributed by atoms with van der Waals surface area (Å²) in [7, 11) is 0. The number of aryl methyl sites for hydroxylation is 1. The lowest BCUT2D eigenvalue weighted by Crippen LogP contribution is -2.50. The van der Waals surface area contributed by atoms with E-state index in [1.54, 1.807) is 33.9 Å². The summed E-state index contributed by atoms with van der Waals surface area (Å²) in [5.74, 6) is -0.362. The van der Waals surface area contributed by atoms with E-state index in [0.717, 1.165) is 25.7 Å². The van der Waals surface area contributed by atoms with Crippen LogP contribution in [0.3, 0.4) is 0 Å². The van der Waals surface area contributed by atoms with E-state index in [2.05, 4.69) is 22.2 Å². The minimum Gasteiger partial charge on any atom is -0.466 e. The van der Waals surface area contributed by atoms with Crippen molar-refractivity contribution in [2.24, 2.45) is 5.41 Å². The first-order chi connectivity index (χ1) is 15.1. The fourth-order valence-corrected chi connectivity index (χ4v) is 4.43. The van der Waals surface area contributed by atoms with Crippen molar-refractivity contribution in [3.8, 4) is 0 Å². The molecule has 0 N–H and O–H groups in total. The summed E-state index contributed by atoms with van der Waals surface area (Å²) in [4.78, 5) is 32.2. The molecule has 1 saturated heterocycles. The van der Waals surface area contributed by atoms with Gasteiger partial charge >= 0.3 is 5.97 Å². The Bertz CT molecular complexity index is 1020. The molecule has 3 heterocycles. The molecule has 1 amide bonds. The zero-order chi connectivity index (χ0) is 21.7. The van der Waals surface area contributed by atoms with Crippen LogP contribution < -0.4 is 0 Å². The molecule has 1 atom stereocenters. The zero-order valence-electron chi connectivity index (χ0n) is 17.9. The van der Waals surface area contributed by atoms with E-state index in [4.69, 9.17) is 4.74 Å². The predicted octanol–water partition coefficient (Wildman–Crippen LogP) is 3.54. The lowest BCUT2D eigenvalue weighted by atomic mass is 9.75. The Morgan fingerprint density at radius 3 is 2.81 bits per heavy atom. The van der Waals surface area contributed by atoms with Gasteiger partial charge in [0, 0.05) is 31.5 Å². The number of rotatable bonds is 7. The summed E-state index contributed by atoms with van der Waals surface area (Å²) in [5, 5.41) is 4.37. The normalized spacial score (nSPS) is 18.8. The molecule has 0 bridgehead atoms. The van der Waals surface area contributed by atoms with Crippen LogP contribution in [0.4, 0.5) is 0 Å². The van der Waals surface area contributed by atoms with Gasteiger partial charge in [0.25, 0.3) is 5.91 Å². The molecule has 0 unspecified atom stereocenters. The van der Waals surface area contributed by atoms with Gasteiger partial charge in [0.15, 0.2) is 11.3 Å². The van der Waals surface area contributed by atoms with E-state index < -0.39 is 5.41 Å². The van der Waals surface area contributed by atoms with Gasteiger partial charge in [-0.1, -0.05) is 30.3 Å². The molecule has 1 aliphatic rings. The van der Waals surface area contributed by atoms with Gasteiger partial charge in [0.05, 0.1) is 12.0 Å². The monoisotopic (exact) mass is 420 g/mol. The van der Waals surface area contributed by atoms with E-state index in [0.29, 0.717) is 37.5 Å². The van der Waals surface area contributed by atoms with E-state index >= 15 is 0 Å². The molecule has 31 heavy (non-hydrogen) atoms. The van der Waals surface area contributed by atoms with Crippen molar-refractivity contribution < 1.29 is 14.3 Å². The van der Waals surface area contributed by atoms with Crippen molar-refractivity contribution in [2.75, 3.05) is 19.7 Å². The molecule has 3 aromatic rings. The van der Waals surface area contributed by atoms with Crippen molar-refractivity contribution in [3.63, 3.8) is 0 Å². The van der Waals surface area contributed by atoms with Gasteiger partial charge in [-0.15, -0.1) is 0 Å². The van der Waals surface area contributed by atoms with Crippen LogP contribution in [-0.2, 0) is 16.0 Å². The van der Waals surface area contributed by atoms with E-state index in [9.17, 15) is 9.59 Å². The number of amides is 1. The van der Waals surface area contributed by atoms with Gasteiger partial charge in [-0.2, -0.15) is 5.10 Å². The predicted molar refractivity (Wildman–Crippen MR) is 117 cm³/mol. The van der Waals surface area contributed by atoms with Crippen LogP contribution in [-0.4, -0.2) is 51.1 Å². The molecule has 7 nitrogen and oxygen atoms in total. The molecule has 0 radical (unpaired) electrons. The minimum absolute atomic E-state index is 0.165. The quantitative estimate of drug-likeness (QED) is 0.547. The standard InChI is InChI=1S/C24H28N4O3/c1-2-31-23(30)24(12-6-11-19-9-4-3-5-10-19)13-7-15-27(18-24)22(29)20-17-21-25-14-8-16-28(21)26-20/h3-5,8-10,14,16-17H,2,6-7,11-13,15,18H2,1H3/t24-/m0/s1. The molecule has 1 aromatic carbocycles. The summed E-state index contributed by atoms with van der Waals surface area (Å²) in [6.07, 6.45) is 7.39. The Balaban J connectivity index is 1.50. The Labute approximate surface area is 182 Å². The Hall–Kier alpha value is -3.22.